The monoisotopic (exact) mass is 216 g/mol. The highest BCUT2D eigenvalue weighted by molar-refractivity contribution is 7.79. The maximum Gasteiger partial charge on any atom is 0.186 e. The lowest BCUT2D eigenvalue weighted by Gasteiger charge is -2.19. The van der Waals surface area contributed by atoms with Gasteiger partial charge in [-0.05, 0) is 23.1 Å². The minimum Gasteiger partial charge on any atom is -0.302 e. The van der Waals surface area contributed by atoms with E-state index in [1.807, 2.05) is 20.8 Å². The van der Waals surface area contributed by atoms with Gasteiger partial charge in [0.2, 0.25) is 0 Å². The Hall–Kier alpha value is -0.740. The largest absolute Gasteiger partial charge is 0.302 e. The lowest BCUT2D eigenvalue weighted by molar-refractivity contribution is 0.518. The number of hydrogen-bond acceptors (Lipinski definition) is 1. The van der Waals surface area contributed by atoms with Gasteiger partial charge < -0.3 is 4.55 Å². The van der Waals surface area contributed by atoms with Crippen LogP contribution in [-0.4, -0.2) is 8.76 Å². The standard InChI is InChI=1S/C10H13FO2S/c1-10(2,3)8-5-4-7(14(12)13)6-9(8)11/h4-6H,1-3H3,(H,12,13). The summed E-state index contributed by atoms with van der Waals surface area (Å²) in [6.45, 7) is 5.67. The van der Waals surface area contributed by atoms with Gasteiger partial charge in [0.05, 0.1) is 4.90 Å². The molecule has 78 valence electrons. The molecule has 1 aromatic carbocycles. The smallest absolute Gasteiger partial charge is 0.186 e. The first-order valence-corrected chi connectivity index (χ1v) is 5.34. The Morgan fingerprint density at radius 2 is 1.93 bits per heavy atom. The van der Waals surface area contributed by atoms with E-state index in [0.717, 1.165) is 6.07 Å². The summed E-state index contributed by atoms with van der Waals surface area (Å²) in [6.07, 6.45) is 0. The molecule has 0 bridgehead atoms. The highest BCUT2D eigenvalue weighted by atomic mass is 32.2. The van der Waals surface area contributed by atoms with Crippen molar-refractivity contribution in [3.05, 3.63) is 29.6 Å². The van der Waals surface area contributed by atoms with Gasteiger partial charge in [0, 0.05) is 0 Å². The van der Waals surface area contributed by atoms with Crippen LogP contribution < -0.4 is 0 Å². The molecule has 1 aromatic rings. The van der Waals surface area contributed by atoms with Gasteiger partial charge in [-0.2, -0.15) is 0 Å². The van der Waals surface area contributed by atoms with Crippen molar-refractivity contribution in [1.82, 2.24) is 0 Å². The molecule has 0 saturated carbocycles. The third-order valence-electron chi connectivity index (χ3n) is 1.95. The van der Waals surface area contributed by atoms with Crippen molar-refractivity contribution in [2.75, 3.05) is 0 Å². The molecule has 1 atom stereocenters. The molecule has 0 heterocycles. The Balaban J connectivity index is 3.21. The van der Waals surface area contributed by atoms with Crippen LogP contribution >= 0.6 is 0 Å². The summed E-state index contributed by atoms with van der Waals surface area (Å²) < 4.78 is 32.9. The Morgan fingerprint density at radius 3 is 2.29 bits per heavy atom. The van der Waals surface area contributed by atoms with Gasteiger partial charge in [-0.15, -0.1) is 0 Å². The molecule has 0 radical (unpaired) electrons. The maximum absolute atomic E-state index is 13.5. The third kappa shape index (κ3) is 2.39. The first-order chi connectivity index (χ1) is 6.32. The average molecular weight is 216 g/mol. The van der Waals surface area contributed by atoms with E-state index >= 15 is 0 Å². The first-order valence-electron chi connectivity index (χ1n) is 4.23. The van der Waals surface area contributed by atoms with E-state index in [1.54, 1.807) is 6.07 Å². The quantitative estimate of drug-likeness (QED) is 0.733. The van der Waals surface area contributed by atoms with Crippen molar-refractivity contribution >= 4 is 11.1 Å². The van der Waals surface area contributed by atoms with Gasteiger partial charge in [0.15, 0.2) is 11.1 Å². The lowest BCUT2D eigenvalue weighted by Crippen LogP contribution is -2.13. The molecule has 1 rings (SSSR count). The molecule has 2 nitrogen and oxygen atoms in total. The van der Waals surface area contributed by atoms with Crippen LogP contribution in [0.25, 0.3) is 0 Å². The zero-order valence-corrected chi connectivity index (χ0v) is 9.19. The summed E-state index contributed by atoms with van der Waals surface area (Å²) in [5, 5.41) is 0. The Kier molecular flexibility index (Phi) is 3.07. The van der Waals surface area contributed by atoms with E-state index in [-0.39, 0.29) is 10.3 Å². The minimum absolute atomic E-state index is 0.0931. The summed E-state index contributed by atoms with van der Waals surface area (Å²) in [4.78, 5) is 0.0931. The van der Waals surface area contributed by atoms with Crippen LogP contribution in [0.2, 0.25) is 0 Å². The van der Waals surface area contributed by atoms with E-state index in [2.05, 4.69) is 0 Å². The molecule has 0 fully saturated rings. The van der Waals surface area contributed by atoms with Crippen LogP contribution in [0.5, 0.6) is 0 Å². The third-order valence-corrected chi connectivity index (χ3v) is 2.61. The van der Waals surface area contributed by atoms with Crippen LogP contribution in [0.4, 0.5) is 4.39 Å². The summed E-state index contributed by atoms with van der Waals surface area (Å²) in [6, 6.07) is 4.13. The van der Waals surface area contributed by atoms with Crippen molar-refractivity contribution < 1.29 is 13.2 Å². The van der Waals surface area contributed by atoms with Crippen molar-refractivity contribution in [3.8, 4) is 0 Å². The van der Waals surface area contributed by atoms with E-state index in [4.69, 9.17) is 4.55 Å². The Labute approximate surface area is 85.4 Å². The van der Waals surface area contributed by atoms with E-state index in [1.165, 1.54) is 6.07 Å². The fourth-order valence-corrected chi connectivity index (χ4v) is 1.60. The van der Waals surface area contributed by atoms with Gasteiger partial charge in [-0.1, -0.05) is 26.8 Å². The predicted molar refractivity (Wildman–Crippen MR) is 54.1 cm³/mol. The number of halogens is 1. The van der Waals surface area contributed by atoms with Gasteiger partial charge in [-0.25, -0.2) is 8.60 Å². The van der Waals surface area contributed by atoms with Crippen LogP contribution in [-0.2, 0) is 16.5 Å². The van der Waals surface area contributed by atoms with Crippen molar-refractivity contribution in [1.29, 1.82) is 0 Å². The highest BCUT2D eigenvalue weighted by Crippen LogP contribution is 2.26. The zero-order valence-electron chi connectivity index (χ0n) is 8.37. The van der Waals surface area contributed by atoms with Crippen molar-refractivity contribution in [2.45, 2.75) is 31.1 Å². The predicted octanol–water partition coefficient (Wildman–Crippen LogP) is 2.70. The molecule has 1 N–H and O–H groups in total. The van der Waals surface area contributed by atoms with Gasteiger partial charge in [0.1, 0.15) is 5.82 Å². The molecule has 0 spiro atoms. The second-order valence-electron chi connectivity index (χ2n) is 4.14. The molecule has 0 aromatic heterocycles. The average Bonchev–Trinajstić information content (AvgIpc) is 2.01. The normalized spacial score (nSPS) is 14.1. The fourth-order valence-electron chi connectivity index (χ4n) is 1.21. The van der Waals surface area contributed by atoms with Gasteiger partial charge in [-0.3, -0.25) is 0 Å². The highest BCUT2D eigenvalue weighted by Gasteiger charge is 2.18. The Bertz CT molecular complexity index is 369. The van der Waals surface area contributed by atoms with Gasteiger partial charge in [0.25, 0.3) is 0 Å². The molecular formula is C10H13FO2S. The Morgan fingerprint density at radius 1 is 1.36 bits per heavy atom. The lowest BCUT2D eigenvalue weighted by atomic mass is 9.87. The SMILES string of the molecule is CC(C)(C)c1ccc(S(=O)O)cc1F. The van der Waals surface area contributed by atoms with E-state index < -0.39 is 16.9 Å². The second kappa shape index (κ2) is 3.79. The number of hydrogen-bond donors (Lipinski definition) is 1. The second-order valence-corrected chi connectivity index (χ2v) is 5.11. The number of rotatable bonds is 1. The molecule has 0 amide bonds. The molecular weight excluding hydrogens is 203 g/mol. The van der Waals surface area contributed by atoms with Crippen molar-refractivity contribution in [3.63, 3.8) is 0 Å². The molecule has 0 aliphatic rings. The summed E-state index contributed by atoms with van der Waals surface area (Å²) in [7, 11) is 0. The van der Waals surface area contributed by atoms with Crippen LogP contribution in [0.15, 0.2) is 23.1 Å². The molecule has 4 heteroatoms. The molecule has 0 aliphatic heterocycles. The van der Waals surface area contributed by atoms with Crippen LogP contribution in [0.1, 0.15) is 26.3 Å². The summed E-state index contributed by atoms with van der Waals surface area (Å²) in [5.41, 5.74) is 0.256. The molecule has 1 unspecified atom stereocenters. The summed E-state index contributed by atoms with van der Waals surface area (Å²) in [5.74, 6) is -0.433. The van der Waals surface area contributed by atoms with E-state index in [9.17, 15) is 8.60 Å². The fraction of sp³-hybridized carbons (Fsp3) is 0.400. The van der Waals surface area contributed by atoms with E-state index in [0.29, 0.717) is 5.56 Å². The zero-order chi connectivity index (χ0) is 10.9. The molecule has 14 heavy (non-hydrogen) atoms. The minimum atomic E-state index is -2.11. The molecule has 0 aliphatic carbocycles. The topological polar surface area (TPSA) is 37.3 Å². The maximum atomic E-state index is 13.5. The summed E-state index contributed by atoms with van der Waals surface area (Å²) >= 11 is -2.11. The number of benzene rings is 1. The van der Waals surface area contributed by atoms with Crippen LogP contribution in [0, 0.1) is 5.82 Å². The van der Waals surface area contributed by atoms with Gasteiger partial charge >= 0.3 is 0 Å². The first kappa shape index (κ1) is 11.3. The molecule has 0 saturated heterocycles. The van der Waals surface area contributed by atoms with Crippen LogP contribution in [0.3, 0.4) is 0 Å². The van der Waals surface area contributed by atoms with Crippen molar-refractivity contribution in [2.24, 2.45) is 0 Å².